The molecule has 0 fully saturated rings. The maximum absolute atomic E-state index is 5.87. The highest BCUT2D eigenvalue weighted by Gasteiger charge is 2.05. The SMILES string of the molecule is I.NC(=NCc1ccc(-n2cnc3ccccc32)nc1)NCc1ccco1. The van der Waals surface area contributed by atoms with Gasteiger partial charge in [-0.2, -0.15) is 0 Å². The number of fused-ring (bicyclic) bond motifs is 1. The zero-order valence-corrected chi connectivity index (χ0v) is 16.8. The maximum atomic E-state index is 5.87. The first kappa shape index (κ1) is 18.9. The summed E-state index contributed by atoms with van der Waals surface area (Å²) in [4.78, 5) is 13.2. The lowest BCUT2D eigenvalue weighted by Gasteiger charge is -2.05. The molecular formula is C19H19IN6O. The van der Waals surface area contributed by atoms with Gasteiger partial charge in [-0.15, -0.1) is 24.0 Å². The molecule has 27 heavy (non-hydrogen) atoms. The Morgan fingerprint density at radius 1 is 1.11 bits per heavy atom. The van der Waals surface area contributed by atoms with Crippen LogP contribution in [0.5, 0.6) is 0 Å². The van der Waals surface area contributed by atoms with Crippen LogP contribution in [0.2, 0.25) is 0 Å². The third-order valence-electron chi connectivity index (χ3n) is 3.97. The van der Waals surface area contributed by atoms with Crippen LogP contribution in [0.4, 0.5) is 0 Å². The zero-order valence-electron chi connectivity index (χ0n) is 14.4. The molecule has 0 radical (unpaired) electrons. The second kappa shape index (κ2) is 8.67. The van der Waals surface area contributed by atoms with Gasteiger partial charge in [0.2, 0.25) is 0 Å². The zero-order chi connectivity index (χ0) is 17.8. The van der Waals surface area contributed by atoms with Crippen molar-refractivity contribution in [3.8, 4) is 5.82 Å². The van der Waals surface area contributed by atoms with Crippen molar-refractivity contribution in [3.63, 3.8) is 0 Å². The van der Waals surface area contributed by atoms with Gasteiger partial charge in [0.1, 0.15) is 17.9 Å². The lowest BCUT2D eigenvalue weighted by atomic mass is 10.3. The standard InChI is InChI=1S/C19H18N6O.HI/c20-19(23-12-15-4-3-9-26-15)22-11-14-7-8-18(21-10-14)25-13-24-16-5-1-2-6-17(16)25;/h1-10,13H,11-12H2,(H3,20,22,23);1H. The molecule has 0 atom stereocenters. The second-order valence-corrected chi connectivity index (χ2v) is 5.76. The molecule has 0 aliphatic heterocycles. The van der Waals surface area contributed by atoms with Gasteiger partial charge in [0.25, 0.3) is 0 Å². The first-order valence-electron chi connectivity index (χ1n) is 8.23. The molecule has 1 aromatic carbocycles. The Kier molecular flexibility index (Phi) is 6.07. The van der Waals surface area contributed by atoms with E-state index in [2.05, 4.69) is 20.3 Å². The predicted molar refractivity (Wildman–Crippen MR) is 115 cm³/mol. The summed E-state index contributed by atoms with van der Waals surface area (Å²) >= 11 is 0. The van der Waals surface area contributed by atoms with Crippen LogP contribution in [-0.2, 0) is 13.1 Å². The molecule has 0 spiro atoms. The van der Waals surface area contributed by atoms with Crippen LogP contribution >= 0.6 is 24.0 Å². The molecule has 0 aliphatic rings. The van der Waals surface area contributed by atoms with E-state index in [1.807, 2.05) is 53.1 Å². The smallest absolute Gasteiger partial charge is 0.189 e. The molecule has 0 saturated heterocycles. The van der Waals surface area contributed by atoms with Crippen LogP contribution in [-0.4, -0.2) is 20.5 Å². The number of nitrogens with one attached hydrogen (secondary N) is 1. The number of para-hydroxylation sites is 2. The number of halogens is 1. The Hall–Kier alpha value is -2.88. The fourth-order valence-corrected chi connectivity index (χ4v) is 2.62. The van der Waals surface area contributed by atoms with Crippen LogP contribution in [0, 0.1) is 0 Å². The Balaban J connectivity index is 0.00000210. The van der Waals surface area contributed by atoms with Crippen molar-refractivity contribution in [2.45, 2.75) is 13.1 Å². The summed E-state index contributed by atoms with van der Waals surface area (Å²) in [5.74, 6) is 1.99. The Bertz CT molecular complexity index is 1020. The van der Waals surface area contributed by atoms with E-state index < -0.39 is 0 Å². The van der Waals surface area contributed by atoms with Crippen molar-refractivity contribution in [2.75, 3.05) is 0 Å². The highest BCUT2D eigenvalue weighted by atomic mass is 127. The van der Waals surface area contributed by atoms with E-state index >= 15 is 0 Å². The second-order valence-electron chi connectivity index (χ2n) is 5.76. The lowest BCUT2D eigenvalue weighted by Crippen LogP contribution is -2.30. The normalized spacial score (nSPS) is 11.3. The molecule has 7 nitrogen and oxygen atoms in total. The fourth-order valence-electron chi connectivity index (χ4n) is 2.62. The molecule has 0 unspecified atom stereocenters. The first-order chi connectivity index (χ1) is 12.8. The summed E-state index contributed by atoms with van der Waals surface area (Å²) in [6.45, 7) is 0.960. The van der Waals surface area contributed by atoms with Gasteiger partial charge in [-0.3, -0.25) is 4.57 Å². The maximum Gasteiger partial charge on any atom is 0.189 e. The Labute approximate surface area is 173 Å². The number of aromatic nitrogens is 3. The van der Waals surface area contributed by atoms with Crippen molar-refractivity contribution in [1.29, 1.82) is 0 Å². The van der Waals surface area contributed by atoms with E-state index in [-0.39, 0.29) is 24.0 Å². The number of furan rings is 1. The number of imidazole rings is 1. The minimum Gasteiger partial charge on any atom is -0.467 e. The molecule has 8 heteroatoms. The highest BCUT2D eigenvalue weighted by molar-refractivity contribution is 14.0. The van der Waals surface area contributed by atoms with Crippen LogP contribution in [0.25, 0.3) is 16.9 Å². The number of hydrogen-bond donors (Lipinski definition) is 2. The molecule has 3 heterocycles. The molecule has 138 valence electrons. The number of hydrogen-bond acceptors (Lipinski definition) is 4. The van der Waals surface area contributed by atoms with Crippen molar-refractivity contribution >= 4 is 41.0 Å². The summed E-state index contributed by atoms with van der Waals surface area (Å²) in [6.07, 6.45) is 5.20. The first-order valence-corrected chi connectivity index (χ1v) is 8.23. The number of aliphatic imine (C=N–C) groups is 1. The number of guanidine groups is 1. The van der Waals surface area contributed by atoms with E-state index in [9.17, 15) is 0 Å². The van der Waals surface area contributed by atoms with Crippen LogP contribution in [0.3, 0.4) is 0 Å². The van der Waals surface area contributed by atoms with Crippen molar-refractivity contribution in [2.24, 2.45) is 10.7 Å². The van der Waals surface area contributed by atoms with Gasteiger partial charge in [-0.25, -0.2) is 15.0 Å². The summed E-state index contributed by atoms with van der Waals surface area (Å²) < 4.78 is 7.20. The largest absolute Gasteiger partial charge is 0.467 e. The minimum atomic E-state index is 0. The monoisotopic (exact) mass is 474 g/mol. The van der Waals surface area contributed by atoms with Gasteiger partial charge in [0, 0.05) is 6.20 Å². The van der Waals surface area contributed by atoms with Gasteiger partial charge >= 0.3 is 0 Å². The molecule has 4 rings (SSSR count). The van der Waals surface area contributed by atoms with Gasteiger partial charge in [0.15, 0.2) is 5.96 Å². The topological polar surface area (TPSA) is 94.3 Å². The molecule has 0 saturated carbocycles. The van der Waals surface area contributed by atoms with E-state index in [0.717, 1.165) is 28.2 Å². The molecule has 0 aliphatic carbocycles. The number of benzene rings is 1. The number of rotatable bonds is 5. The Morgan fingerprint density at radius 3 is 2.78 bits per heavy atom. The molecule has 4 aromatic rings. The van der Waals surface area contributed by atoms with Gasteiger partial charge in [0.05, 0.1) is 30.4 Å². The summed E-state index contributed by atoms with van der Waals surface area (Å²) in [5.41, 5.74) is 8.81. The summed E-state index contributed by atoms with van der Waals surface area (Å²) in [5, 5.41) is 3.01. The highest BCUT2D eigenvalue weighted by Crippen LogP contribution is 2.16. The Morgan fingerprint density at radius 2 is 2.00 bits per heavy atom. The van der Waals surface area contributed by atoms with Crippen molar-refractivity contribution < 1.29 is 4.42 Å². The van der Waals surface area contributed by atoms with E-state index in [1.165, 1.54) is 0 Å². The average Bonchev–Trinajstić information content (AvgIpc) is 3.35. The van der Waals surface area contributed by atoms with Crippen molar-refractivity contribution in [1.82, 2.24) is 19.9 Å². The van der Waals surface area contributed by atoms with E-state index in [1.54, 1.807) is 18.8 Å². The lowest BCUT2D eigenvalue weighted by molar-refractivity contribution is 0.502. The molecule has 0 bridgehead atoms. The van der Waals surface area contributed by atoms with E-state index in [4.69, 9.17) is 10.2 Å². The molecule has 0 amide bonds. The number of pyridine rings is 1. The molecule has 3 aromatic heterocycles. The van der Waals surface area contributed by atoms with E-state index in [0.29, 0.717) is 19.0 Å². The van der Waals surface area contributed by atoms with Gasteiger partial charge in [-0.05, 0) is 35.9 Å². The quantitative estimate of drug-likeness (QED) is 0.263. The van der Waals surface area contributed by atoms with Crippen LogP contribution in [0.1, 0.15) is 11.3 Å². The number of nitrogens with zero attached hydrogens (tertiary/aromatic N) is 4. The van der Waals surface area contributed by atoms with Crippen LogP contribution in [0.15, 0.2) is 76.7 Å². The number of nitrogens with two attached hydrogens (primary N) is 1. The summed E-state index contributed by atoms with van der Waals surface area (Å²) in [7, 11) is 0. The van der Waals surface area contributed by atoms with Crippen LogP contribution < -0.4 is 11.1 Å². The predicted octanol–water partition coefficient (Wildman–Crippen LogP) is 3.24. The minimum absolute atomic E-state index is 0. The third-order valence-corrected chi connectivity index (χ3v) is 3.97. The third kappa shape index (κ3) is 4.45. The molecular weight excluding hydrogens is 455 g/mol. The van der Waals surface area contributed by atoms with Gasteiger partial charge < -0.3 is 15.5 Å². The van der Waals surface area contributed by atoms with Crippen molar-refractivity contribution in [3.05, 3.63) is 78.6 Å². The molecule has 3 N–H and O–H groups in total. The van der Waals surface area contributed by atoms with Gasteiger partial charge in [-0.1, -0.05) is 18.2 Å². The summed E-state index contributed by atoms with van der Waals surface area (Å²) in [6, 6.07) is 15.6. The average molecular weight is 474 g/mol. The fraction of sp³-hybridized carbons (Fsp3) is 0.105.